The molecule has 1 atom stereocenters. The number of aromatic nitrogens is 2. The summed E-state index contributed by atoms with van der Waals surface area (Å²) in [6.45, 7) is 8.06. The molecule has 3 heterocycles. The van der Waals surface area contributed by atoms with Crippen molar-refractivity contribution in [3.8, 4) is 22.5 Å². The Kier molecular flexibility index (Phi) is 8.13. The number of aliphatic hydroxyl groups excluding tert-OH is 1. The molecule has 0 unspecified atom stereocenters. The lowest BCUT2D eigenvalue weighted by Crippen LogP contribution is -2.43. The molecular weight excluding hydrogens is 541 g/mol. The number of carbonyl (C=O) groups excluding carboxylic acids is 2. The molecule has 5 rings (SSSR count). The minimum Gasteiger partial charge on any atom is -0.444 e. The third-order valence-corrected chi connectivity index (χ3v) is 6.91. The van der Waals surface area contributed by atoms with Gasteiger partial charge in [-0.25, -0.2) is 19.2 Å². The molecule has 11 heteroatoms. The van der Waals surface area contributed by atoms with E-state index in [1.807, 2.05) is 0 Å². The average molecular weight is 576 g/mol. The van der Waals surface area contributed by atoms with Gasteiger partial charge in [0.15, 0.2) is 0 Å². The number of amides is 2. The van der Waals surface area contributed by atoms with E-state index >= 15 is 0 Å². The van der Waals surface area contributed by atoms with E-state index in [2.05, 4.69) is 25.5 Å². The summed E-state index contributed by atoms with van der Waals surface area (Å²) in [6.07, 6.45) is 1.68. The number of benzene rings is 2. The first kappa shape index (κ1) is 29.0. The van der Waals surface area contributed by atoms with Gasteiger partial charge in [-0.05, 0) is 82.5 Å². The normalized spacial score (nSPS) is 15.0. The summed E-state index contributed by atoms with van der Waals surface area (Å²) < 4.78 is 25.4. The van der Waals surface area contributed by atoms with Gasteiger partial charge < -0.3 is 29.8 Å². The van der Waals surface area contributed by atoms with Gasteiger partial charge in [0, 0.05) is 29.9 Å². The molecule has 0 bridgehead atoms. The SMILES string of the molecule is C[C@H](NC(=O)OC(C)(C)C)C(=O)Nc1ccc(-c2oc3ncnc(N4CCC(O)CC4)c3c2-c2ccc(F)cc2)cc1. The topological polar surface area (TPSA) is 130 Å². The molecule has 1 fully saturated rings. The number of carbonyl (C=O) groups is 2. The molecule has 0 aliphatic carbocycles. The summed E-state index contributed by atoms with van der Waals surface area (Å²) >= 11 is 0. The molecule has 1 aliphatic rings. The monoisotopic (exact) mass is 575 g/mol. The van der Waals surface area contributed by atoms with Crippen molar-refractivity contribution in [1.29, 1.82) is 0 Å². The van der Waals surface area contributed by atoms with Crippen molar-refractivity contribution in [2.45, 2.75) is 58.3 Å². The van der Waals surface area contributed by atoms with E-state index < -0.39 is 23.6 Å². The predicted molar refractivity (Wildman–Crippen MR) is 158 cm³/mol. The van der Waals surface area contributed by atoms with Crippen LogP contribution in [0.2, 0.25) is 0 Å². The van der Waals surface area contributed by atoms with Crippen LogP contribution in [0.25, 0.3) is 33.6 Å². The van der Waals surface area contributed by atoms with Crippen LogP contribution in [0.1, 0.15) is 40.5 Å². The van der Waals surface area contributed by atoms with Crippen molar-refractivity contribution in [1.82, 2.24) is 15.3 Å². The molecule has 1 aliphatic heterocycles. The van der Waals surface area contributed by atoms with Gasteiger partial charge in [-0.1, -0.05) is 12.1 Å². The molecule has 2 aromatic heterocycles. The zero-order valence-corrected chi connectivity index (χ0v) is 24.0. The number of ether oxygens (including phenoxy) is 1. The number of hydrogen-bond acceptors (Lipinski definition) is 8. The lowest BCUT2D eigenvalue weighted by Gasteiger charge is -2.30. The maximum absolute atomic E-state index is 13.9. The first-order valence-electron chi connectivity index (χ1n) is 13.9. The third kappa shape index (κ3) is 6.52. The van der Waals surface area contributed by atoms with Crippen LogP contribution in [-0.4, -0.2) is 57.9 Å². The molecule has 2 aromatic carbocycles. The van der Waals surface area contributed by atoms with Crippen LogP contribution in [0.15, 0.2) is 59.3 Å². The van der Waals surface area contributed by atoms with Crippen molar-refractivity contribution in [2.24, 2.45) is 0 Å². The van der Waals surface area contributed by atoms with Crippen LogP contribution in [0.4, 0.5) is 20.7 Å². The number of nitrogens with zero attached hydrogens (tertiary/aromatic N) is 3. The summed E-state index contributed by atoms with van der Waals surface area (Å²) in [5, 5.41) is 16.0. The van der Waals surface area contributed by atoms with E-state index in [0.717, 1.165) is 11.1 Å². The number of fused-ring (bicyclic) bond motifs is 1. The maximum atomic E-state index is 13.9. The third-order valence-electron chi connectivity index (χ3n) is 6.91. The molecule has 42 heavy (non-hydrogen) atoms. The maximum Gasteiger partial charge on any atom is 0.408 e. The van der Waals surface area contributed by atoms with Crippen molar-refractivity contribution in [2.75, 3.05) is 23.3 Å². The van der Waals surface area contributed by atoms with Crippen molar-refractivity contribution < 1.29 is 28.2 Å². The fourth-order valence-electron chi connectivity index (χ4n) is 4.84. The highest BCUT2D eigenvalue weighted by atomic mass is 19.1. The number of nitrogens with one attached hydrogen (secondary N) is 2. The Bertz CT molecular complexity index is 1570. The van der Waals surface area contributed by atoms with E-state index in [4.69, 9.17) is 9.15 Å². The summed E-state index contributed by atoms with van der Waals surface area (Å²) in [4.78, 5) is 35.8. The molecule has 2 amide bonds. The van der Waals surface area contributed by atoms with Gasteiger partial charge in [-0.15, -0.1) is 0 Å². The van der Waals surface area contributed by atoms with Gasteiger partial charge in [0.05, 0.1) is 11.5 Å². The molecule has 220 valence electrons. The number of aliphatic hydroxyl groups is 1. The minimum atomic E-state index is -0.826. The molecule has 1 saturated heterocycles. The lowest BCUT2D eigenvalue weighted by atomic mass is 9.98. The van der Waals surface area contributed by atoms with Crippen molar-refractivity contribution in [3.63, 3.8) is 0 Å². The van der Waals surface area contributed by atoms with Gasteiger partial charge >= 0.3 is 6.09 Å². The van der Waals surface area contributed by atoms with Crippen LogP contribution in [-0.2, 0) is 9.53 Å². The smallest absolute Gasteiger partial charge is 0.408 e. The van der Waals surface area contributed by atoms with Gasteiger partial charge in [0.2, 0.25) is 11.6 Å². The molecule has 0 saturated carbocycles. The predicted octanol–water partition coefficient (Wildman–Crippen LogP) is 5.51. The van der Waals surface area contributed by atoms with Gasteiger partial charge in [0.1, 0.15) is 35.4 Å². The highest BCUT2D eigenvalue weighted by molar-refractivity contribution is 6.06. The van der Waals surface area contributed by atoms with E-state index in [0.29, 0.717) is 59.9 Å². The summed E-state index contributed by atoms with van der Waals surface area (Å²) in [7, 11) is 0. The Morgan fingerprint density at radius 2 is 1.69 bits per heavy atom. The second kappa shape index (κ2) is 11.8. The Labute approximate surface area is 242 Å². The number of piperidine rings is 1. The van der Waals surface area contributed by atoms with Crippen LogP contribution in [0, 0.1) is 5.82 Å². The summed E-state index contributed by atoms with van der Waals surface area (Å²) in [5.41, 5.74) is 2.40. The highest BCUT2D eigenvalue weighted by Gasteiger charge is 2.27. The fourth-order valence-corrected chi connectivity index (χ4v) is 4.84. The van der Waals surface area contributed by atoms with Crippen LogP contribution >= 0.6 is 0 Å². The first-order chi connectivity index (χ1) is 20.0. The number of alkyl carbamates (subject to hydrolysis) is 1. The first-order valence-corrected chi connectivity index (χ1v) is 13.9. The van der Waals surface area contributed by atoms with E-state index in [-0.39, 0.29) is 11.9 Å². The largest absolute Gasteiger partial charge is 0.444 e. The second-order valence-corrected chi connectivity index (χ2v) is 11.3. The van der Waals surface area contributed by atoms with Crippen LogP contribution in [0.3, 0.4) is 0 Å². The molecule has 0 radical (unpaired) electrons. The fraction of sp³-hybridized carbons (Fsp3) is 0.355. The number of hydrogen-bond donors (Lipinski definition) is 3. The zero-order valence-electron chi connectivity index (χ0n) is 24.0. The minimum absolute atomic E-state index is 0.342. The number of halogens is 1. The molecule has 0 spiro atoms. The van der Waals surface area contributed by atoms with Crippen LogP contribution in [0.5, 0.6) is 0 Å². The lowest BCUT2D eigenvalue weighted by molar-refractivity contribution is -0.117. The van der Waals surface area contributed by atoms with Gasteiger partial charge in [0.25, 0.3) is 0 Å². The molecule has 3 N–H and O–H groups in total. The molecule has 4 aromatic rings. The number of rotatable bonds is 6. The average Bonchev–Trinajstić information content (AvgIpc) is 3.33. The number of furan rings is 1. The second-order valence-electron chi connectivity index (χ2n) is 11.3. The Morgan fingerprint density at radius 1 is 1.05 bits per heavy atom. The molecular formula is C31H34FN5O5. The van der Waals surface area contributed by atoms with Crippen LogP contribution < -0.4 is 15.5 Å². The Balaban J connectivity index is 1.45. The van der Waals surface area contributed by atoms with Crippen molar-refractivity contribution in [3.05, 3.63) is 60.7 Å². The molecule has 10 nitrogen and oxygen atoms in total. The van der Waals surface area contributed by atoms with E-state index in [1.165, 1.54) is 18.5 Å². The highest BCUT2D eigenvalue weighted by Crippen LogP contribution is 2.44. The van der Waals surface area contributed by atoms with Gasteiger partial charge in [-0.2, -0.15) is 0 Å². The zero-order chi connectivity index (χ0) is 30.0. The quantitative estimate of drug-likeness (QED) is 0.275. The Hall–Kier alpha value is -4.51. The summed E-state index contributed by atoms with van der Waals surface area (Å²) in [5.74, 6) is 0.450. The van der Waals surface area contributed by atoms with E-state index in [9.17, 15) is 19.1 Å². The van der Waals surface area contributed by atoms with Gasteiger partial charge in [-0.3, -0.25) is 4.79 Å². The number of anilines is 2. The Morgan fingerprint density at radius 3 is 2.33 bits per heavy atom. The standard InChI is InChI=1S/C31H34FN5O5/c1-18(35-30(40)42-31(2,3)4)28(39)36-22-11-7-20(8-12-22)26-24(19-5-9-21(32)10-6-19)25-27(33-17-34-29(25)41-26)37-15-13-23(38)14-16-37/h5-12,17-18,23,38H,13-16H2,1-4H3,(H,35,40)(H,36,39)/t18-/m0/s1. The van der Waals surface area contributed by atoms with Crippen molar-refractivity contribution >= 4 is 34.6 Å². The summed E-state index contributed by atoms with van der Waals surface area (Å²) in [6, 6.07) is 12.4. The van der Waals surface area contributed by atoms with E-state index in [1.54, 1.807) is 64.1 Å².